The number of methoxy groups -OCH3 is 1. The van der Waals surface area contributed by atoms with Crippen LogP contribution in [0.1, 0.15) is 43.0 Å². The van der Waals surface area contributed by atoms with Crippen molar-refractivity contribution in [2.24, 2.45) is 5.92 Å². The molecule has 1 fully saturated rings. The van der Waals surface area contributed by atoms with Crippen molar-refractivity contribution in [3.05, 3.63) is 83.2 Å². The highest BCUT2D eigenvalue weighted by molar-refractivity contribution is 6.46. The van der Waals surface area contributed by atoms with Gasteiger partial charge >= 0.3 is 0 Å². The van der Waals surface area contributed by atoms with Crippen molar-refractivity contribution in [3.8, 4) is 23.0 Å². The number of aliphatic hydroxyl groups excluding tert-OH is 1. The Bertz CT molecular complexity index is 1430. The van der Waals surface area contributed by atoms with Crippen LogP contribution in [0.15, 0.2) is 66.5 Å². The zero-order chi connectivity index (χ0) is 28.2. The van der Waals surface area contributed by atoms with Gasteiger partial charge in [-0.3, -0.25) is 14.6 Å². The monoisotopic (exact) mass is 544 g/mol. The number of hydrogen-bond acceptors (Lipinski definition) is 8. The minimum absolute atomic E-state index is 0.0268. The average Bonchev–Trinajstić information content (AvgIpc) is 3.22. The van der Waals surface area contributed by atoms with Crippen molar-refractivity contribution in [1.29, 1.82) is 0 Å². The van der Waals surface area contributed by atoms with Crippen LogP contribution in [0.25, 0.3) is 5.76 Å². The highest BCUT2D eigenvalue weighted by atomic mass is 16.6. The van der Waals surface area contributed by atoms with Crippen LogP contribution in [-0.4, -0.2) is 53.6 Å². The van der Waals surface area contributed by atoms with Crippen LogP contribution in [0, 0.1) is 5.92 Å². The molecule has 40 heavy (non-hydrogen) atoms. The fourth-order valence-electron chi connectivity index (χ4n) is 4.80. The molecule has 0 radical (unpaired) electrons. The molecular weight excluding hydrogens is 512 g/mol. The molecule has 2 aliphatic rings. The van der Waals surface area contributed by atoms with Crippen molar-refractivity contribution in [3.63, 3.8) is 0 Å². The summed E-state index contributed by atoms with van der Waals surface area (Å²) in [6.07, 6.45) is 4.16. The summed E-state index contributed by atoms with van der Waals surface area (Å²) in [5, 5.41) is 11.5. The number of hydrogen-bond donors (Lipinski definition) is 1. The van der Waals surface area contributed by atoms with E-state index in [1.54, 1.807) is 54.9 Å². The lowest BCUT2D eigenvalue weighted by Gasteiger charge is -2.26. The van der Waals surface area contributed by atoms with E-state index in [-0.39, 0.29) is 17.9 Å². The molecule has 9 heteroatoms. The number of benzene rings is 2. The lowest BCUT2D eigenvalue weighted by atomic mass is 9.94. The number of rotatable bonds is 9. The van der Waals surface area contributed by atoms with Crippen molar-refractivity contribution in [2.45, 2.75) is 32.9 Å². The molecule has 0 spiro atoms. The first-order chi connectivity index (χ1) is 19.4. The molecule has 2 aliphatic heterocycles. The van der Waals surface area contributed by atoms with Crippen LogP contribution in [-0.2, 0) is 16.1 Å². The number of nitrogens with zero attached hydrogens (tertiary/aromatic N) is 2. The van der Waals surface area contributed by atoms with Crippen LogP contribution in [0.2, 0.25) is 0 Å². The van der Waals surface area contributed by atoms with Crippen LogP contribution in [0.5, 0.6) is 23.0 Å². The molecule has 0 aliphatic carbocycles. The van der Waals surface area contributed by atoms with E-state index >= 15 is 0 Å². The molecule has 2 aromatic carbocycles. The molecule has 3 heterocycles. The number of pyridine rings is 1. The first-order valence-electron chi connectivity index (χ1n) is 13.3. The molecule has 5 rings (SSSR count). The summed E-state index contributed by atoms with van der Waals surface area (Å²) in [5.74, 6) is 0.718. The number of ketones is 1. The number of likely N-dealkylation sites (tertiary alicyclic amines) is 1. The summed E-state index contributed by atoms with van der Waals surface area (Å²) in [5.41, 5.74) is 1.65. The molecule has 1 N–H and O–H groups in total. The maximum absolute atomic E-state index is 13.5. The van der Waals surface area contributed by atoms with Crippen molar-refractivity contribution in [1.82, 2.24) is 9.88 Å². The van der Waals surface area contributed by atoms with E-state index in [0.717, 1.165) is 12.0 Å². The quantitative estimate of drug-likeness (QED) is 0.230. The van der Waals surface area contributed by atoms with Gasteiger partial charge in [0.1, 0.15) is 19.0 Å². The Morgan fingerprint density at radius 3 is 2.60 bits per heavy atom. The molecule has 0 unspecified atom stereocenters. The Morgan fingerprint density at radius 2 is 1.88 bits per heavy atom. The van der Waals surface area contributed by atoms with Crippen molar-refractivity contribution >= 4 is 17.4 Å². The summed E-state index contributed by atoms with van der Waals surface area (Å²) in [6.45, 7) is 5.69. The summed E-state index contributed by atoms with van der Waals surface area (Å²) >= 11 is 0. The second-order valence-corrected chi connectivity index (χ2v) is 10.1. The molecule has 1 amide bonds. The van der Waals surface area contributed by atoms with Gasteiger partial charge in [-0.05, 0) is 59.9 Å². The number of carbonyl (C=O) groups excluding carboxylic acids is 2. The van der Waals surface area contributed by atoms with Crippen LogP contribution in [0.3, 0.4) is 0 Å². The maximum Gasteiger partial charge on any atom is 0.295 e. The second-order valence-electron chi connectivity index (χ2n) is 10.1. The number of fused-ring (bicyclic) bond motifs is 1. The number of amides is 1. The lowest BCUT2D eigenvalue weighted by molar-refractivity contribution is -0.140. The smallest absolute Gasteiger partial charge is 0.295 e. The number of aromatic nitrogens is 1. The summed E-state index contributed by atoms with van der Waals surface area (Å²) in [7, 11) is 1.54. The number of ether oxygens (including phenoxy) is 4. The average molecular weight is 545 g/mol. The number of aliphatic hydroxyl groups is 1. The third-order valence-electron chi connectivity index (χ3n) is 6.89. The van der Waals surface area contributed by atoms with Gasteiger partial charge in [-0.1, -0.05) is 26.0 Å². The van der Waals surface area contributed by atoms with Crippen molar-refractivity contribution in [2.75, 3.05) is 26.9 Å². The third kappa shape index (κ3) is 5.45. The minimum atomic E-state index is -0.882. The predicted octanol–water partition coefficient (Wildman–Crippen LogP) is 4.91. The largest absolute Gasteiger partial charge is 0.507 e. The molecule has 0 bridgehead atoms. The second kappa shape index (κ2) is 11.7. The van der Waals surface area contributed by atoms with E-state index < -0.39 is 17.7 Å². The van der Waals surface area contributed by atoms with Crippen LogP contribution in [0.4, 0.5) is 0 Å². The zero-order valence-electron chi connectivity index (χ0n) is 22.8. The standard InChI is InChI=1S/C31H32N2O7/c1-19(2)10-12-38-23-8-6-21(15-25(23)37-3)28-27(29(34)22-7-9-24-26(16-22)40-14-13-39-24)30(35)31(36)33(28)18-20-5-4-11-32-17-20/h4-9,11,15-17,19,28,34H,10,12-14,18H2,1-3H3/t28-/m0/s1. The summed E-state index contributed by atoms with van der Waals surface area (Å²) < 4.78 is 22.8. The van der Waals surface area contributed by atoms with E-state index in [2.05, 4.69) is 18.8 Å². The highest BCUT2D eigenvalue weighted by Crippen LogP contribution is 2.43. The van der Waals surface area contributed by atoms with Crippen LogP contribution < -0.4 is 18.9 Å². The first kappa shape index (κ1) is 27.1. The van der Waals surface area contributed by atoms with Gasteiger partial charge in [-0.2, -0.15) is 0 Å². The molecule has 1 atom stereocenters. The van der Waals surface area contributed by atoms with Gasteiger partial charge in [0.2, 0.25) is 0 Å². The molecule has 1 saturated heterocycles. The fourth-order valence-corrected chi connectivity index (χ4v) is 4.80. The Labute approximate surface area is 233 Å². The third-order valence-corrected chi connectivity index (χ3v) is 6.89. The number of carbonyl (C=O) groups is 2. The summed E-state index contributed by atoms with van der Waals surface area (Å²) in [6, 6.07) is 12.9. The van der Waals surface area contributed by atoms with E-state index in [0.29, 0.717) is 59.9 Å². The topological polar surface area (TPSA) is 107 Å². The van der Waals surface area contributed by atoms with Gasteiger partial charge in [0.05, 0.1) is 25.3 Å². The normalized spacial score (nSPS) is 17.8. The Hall–Kier alpha value is -4.53. The maximum atomic E-state index is 13.5. The van der Waals surface area contributed by atoms with Gasteiger partial charge in [-0.15, -0.1) is 0 Å². The molecule has 1 aromatic heterocycles. The van der Waals surface area contributed by atoms with Gasteiger partial charge in [0, 0.05) is 24.5 Å². The molecule has 208 valence electrons. The Kier molecular flexibility index (Phi) is 7.91. The summed E-state index contributed by atoms with van der Waals surface area (Å²) in [4.78, 5) is 32.5. The minimum Gasteiger partial charge on any atom is -0.507 e. The SMILES string of the molecule is COc1cc([C@H]2C(=C(O)c3ccc4c(c3)OCCO4)C(=O)C(=O)N2Cc2cccnc2)ccc1OCCC(C)C. The lowest BCUT2D eigenvalue weighted by Crippen LogP contribution is -2.29. The Morgan fingerprint density at radius 1 is 1.07 bits per heavy atom. The van der Waals surface area contributed by atoms with Gasteiger partial charge < -0.3 is 29.0 Å². The van der Waals surface area contributed by atoms with E-state index in [1.165, 1.54) is 12.0 Å². The number of Topliss-reactive ketones (excluding diaryl/α,β-unsaturated/α-hetero) is 1. The van der Waals surface area contributed by atoms with Gasteiger partial charge in [0.25, 0.3) is 11.7 Å². The van der Waals surface area contributed by atoms with E-state index in [9.17, 15) is 14.7 Å². The van der Waals surface area contributed by atoms with Crippen molar-refractivity contribution < 1.29 is 33.6 Å². The fraction of sp³-hybridized carbons (Fsp3) is 0.323. The molecule has 3 aromatic rings. The predicted molar refractivity (Wildman–Crippen MR) is 147 cm³/mol. The Balaban J connectivity index is 1.59. The first-order valence-corrected chi connectivity index (χ1v) is 13.3. The molecule has 9 nitrogen and oxygen atoms in total. The van der Waals surface area contributed by atoms with E-state index in [1.807, 2.05) is 6.07 Å². The van der Waals surface area contributed by atoms with Gasteiger partial charge in [0.15, 0.2) is 23.0 Å². The highest BCUT2D eigenvalue weighted by Gasteiger charge is 2.46. The molecule has 0 saturated carbocycles. The van der Waals surface area contributed by atoms with E-state index in [4.69, 9.17) is 18.9 Å². The molecular formula is C31H32N2O7. The van der Waals surface area contributed by atoms with Gasteiger partial charge in [-0.25, -0.2) is 0 Å². The zero-order valence-corrected chi connectivity index (χ0v) is 22.8. The van der Waals surface area contributed by atoms with Crippen LogP contribution >= 0.6 is 0 Å².